The number of hydrogen-bond acceptors (Lipinski definition) is 2. The normalized spacial score (nSPS) is 13.0. The molecule has 0 aromatic heterocycles. The summed E-state index contributed by atoms with van der Waals surface area (Å²) in [6, 6.07) is 8.34. The van der Waals surface area contributed by atoms with E-state index in [2.05, 4.69) is 5.32 Å². The molecule has 1 aliphatic heterocycles. The summed E-state index contributed by atoms with van der Waals surface area (Å²) in [5.74, 6) is -0.816. The van der Waals surface area contributed by atoms with Gasteiger partial charge in [0.1, 0.15) is 11.6 Å². The number of carbonyl (C=O) groups excluding carboxylic acids is 1. The summed E-state index contributed by atoms with van der Waals surface area (Å²) in [7, 11) is 3.58. The van der Waals surface area contributed by atoms with Crippen molar-refractivity contribution in [2.24, 2.45) is 0 Å². The molecule has 2 amide bonds. The van der Waals surface area contributed by atoms with E-state index in [4.69, 9.17) is 0 Å². The monoisotopic (exact) mass is 317 g/mol. The molecule has 2 aromatic carbocycles. The Bertz CT molecular complexity index is 761. The van der Waals surface area contributed by atoms with Crippen LogP contribution in [0, 0.1) is 11.6 Å². The zero-order valence-electron chi connectivity index (χ0n) is 12.9. The molecule has 6 heteroatoms. The maximum absolute atomic E-state index is 13.7. The molecule has 0 bridgehead atoms. The van der Waals surface area contributed by atoms with E-state index in [1.165, 1.54) is 29.2 Å². The van der Waals surface area contributed by atoms with E-state index < -0.39 is 11.8 Å². The van der Waals surface area contributed by atoms with Crippen LogP contribution in [-0.4, -0.2) is 26.7 Å². The van der Waals surface area contributed by atoms with Crippen LogP contribution in [0.25, 0.3) is 0 Å². The Balaban J connectivity index is 1.83. The molecule has 120 valence electrons. The van der Waals surface area contributed by atoms with Gasteiger partial charge < -0.3 is 10.2 Å². The first-order valence-corrected chi connectivity index (χ1v) is 7.29. The average Bonchev–Trinajstić information content (AvgIpc) is 2.89. The van der Waals surface area contributed by atoms with Crippen molar-refractivity contribution in [3.8, 4) is 0 Å². The third-order valence-electron chi connectivity index (χ3n) is 3.84. The maximum atomic E-state index is 13.7. The van der Waals surface area contributed by atoms with Crippen LogP contribution in [0.4, 0.5) is 30.6 Å². The van der Waals surface area contributed by atoms with E-state index in [1.807, 2.05) is 0 Å². The van der Waals surface area contributed by atoms with Gasteiger partial charge in [-0.3, -0.25) is 4.90 Å². The lowest BCUT2D eigenvalue weighted by Crippen LogP contribution is -2.33. The highest BCUT2D eigenvalue weighted by atomic mass is 19.1. The van der Waals surface area contributed by atoms with Gasteiger partial charge in [-0.1, -0.05) is 6.07 Å². The van der Waals surface area contributed by atoms with Crippen molar-refractivity contribution in [1.82, 2.24) is 0 Å². The molecule has 0 fully saturated rings. The number of anilines is 3. The first-order chi connectivity index (χ1) is 10.9. The van der Waals surface area contributed by atoms with Gasteiger partial charge in [-0.25, -0.2) is 13.6 Å². The van der Waals surface area contributed by atoms with Gasteiger partial charge in [-0.2, -0.15) is 0 Å². The van der Waals surface area contributed by atoms with Crippen molar-refractivity contribution >= 4 is 23.1 Å². The number of nitrogens with one attached hydrogen (secondary N) is 1. The predicted molar refractivity (Wildman–Crippen MR) is 87.2 cm³/mol. The second kappa shape index (κ2) is 5.87. The first-order valence-electron chi connectivity index (χ1n) is 7.29. The van der Waals surface area contributed by atoms with Gasteiger partial charge in [0.05, 0.1) is 5.69 Å². The standard InChI is InChI=1S/C17H17F2N3O/c1-21(2)15-8-13(19)7-14(10-15)20-17(23)22-6-5-11-3-4-12(18)9-16(11)22/h3-4,7-10H,5-6H2,1-2H3,(H,20,23). The molecule has 1 N–H and O–H groups in total. The fourth-order valence-electron chi connectivity index (χ4n) is 2.66. The zero-order valence-corrected chi connectivity index (χ0v) is 12.9. The van der Waals surface area contributed by atoms with Gasteiger partial charge in [0.2, 0.25) is 0 Å². The van der Waals surface area contributed by atoms with Crippen LogP contribution < -0.4 is 15.1 Å². The van der Waals surface area contributed by atoms with Crippen molar-refractivity contribution in [2.75, 3.05) is 35.8 Å². The Kier molecular flexibility index (Phi) is 3.90. The van der Waals surface area contributed by atoms with E-state index >= 15 is 0 Å². The van der Waals surface area contributed by atoms with Crippen LogP contribution in [0.1, 0.15) is 5.56 Å². The fraction of sp³-hybridized carbons (Fsp3) is 0.235. The number of halogens is 2. The molecule has 3 rings (SSSR count). The number of carbonyl (C=O) groups is 1. The molecule has 2 aromatic rings. The molecule has 1 aliphatic rings. The molecule has 4 nitrogen and oxygen atoms in total. The molecule has 1 heterocycles. The molecule has 0 radical (unpaired) electrons. The SMILES string of the molecule is CN(C)c1cc(F)cc(NC(=O)N2CCc3ccc(F)cc32)c1. The van der Waals surface area contributed by atoms with E-state index in [1.54, 1.807) is 31.1 Å². The Morgan fingerprint density at radius 3 is 2.65 bits per heavy atom. The second-order valence-corrected chi connectivity index (χ2v) is 5.70. The van der Waals surface area contributed by atoms with E-state index in [9.17, 15) is 13.6 Å². The summed E-state index contributed by atoms with van der Waals surface area (Å²) in [6.07, 6.45) is 0.676. The minimum absolute atomic E-state index is 0.364. The first kappa shape index (κ1) is 15.3. The largest absolute Gasteiger partial charge is 0.378 e. The summed E-state index contributed by atoms with van der Waals surface area (Å²) in [6.45, 7) is 0.473. The zero-order chi connectivity index (χ0) is 16.6. The summed E-state index contributed by atoms with van der Waals surface area (Å²) in [5, 5.41) is 2.68. The minimum atomic E-state index is -0.431. The summed E-state index contributed by atoms with van der Waals surface area (Å²) < 4.78 is 27.1. The highest BCUT2D eigenvalue weighted by Crippen LogP contribution is 2.29. The molecule has 0 atom stereocenters. The van der Waals surface area contributed by atoms with E-state index in [0.717, 1.165) is 5.56 Å². The molecular weight excluding hydrogens is 300 g/mol. The van der Waals surface area contributed by atoms with Gasteiger partial charge >= 0.3 is 6.03 Å². The number of hydrogen-bond donors (Lipinski definition) is 1. The van der Waals surface area contributed by atoms with E-state index in [0.29, 0.717) is 30.0 Å². The smallest absolute Gasteiger partial charge is 0.326 e. The van der Waals surface area contributed by atoms with Crippen molar-refractivity contribution in [2.45, 2.75) is 6.42 Å². The van der Waals surface area contributed by atoms with Crippen LogP contribution in [0.15, 0.2) is 36.4 Å². The lowest BCUT2D eigenvalue weighted by Gasteiger charge is -2.19. The Morgan fingerprint density at radius 1 is 1.13 bits per heavy atom. The molecule has 0 spiro atoms. The van der Waals surface area contributed by atoms with Crippen LogP contribution in [-0.2, 0) is 6.42 Å². The van der Waals surface area contributed by atoms with Crippen molar-refractivity contribution in [3.63, 3.8) is 0 Å². The highest BCUT2D eigenvalue weighted by molar-refractivity contribution is 6.03. The maximum Gasteiger partial charge on any atom is 0.326 e. The molecular formula is C17H17F2N3O. The number of urea groups is 1. The highest BCUT2D eigenvalue weighted by Gasteiger charge is 2.25. The number of rotatable bonds is 2. The van der Waals surface area contributed by atoms with Crippen molar-refractivity contribution in [1.29, 1.82) is 0 Å². The molecule has 0 unspecified atom stereocenters. The quantitative estimate of drug-likeness (QED) is 0.918. The second-order valence-electron chi connectivity index (χ2n) is 5.70. The van der Waals surface area contributed by atoms with E-state index in [-0.39, 0.29) is 5.82 Å². The van der Waals surface area contributed by atoms with Crippen molar-refractivity contribution in [3.05, 3.63) is 53.6 Å². The molecule has 0 aliphatic carbocycles. The van der Waals surface area contributed by atoms with Gasteiger partial charge in [0.15, 0.2) is 0 Å². The van der Waals surface area contributed by atoms with Gasteiger partial charge in [-0.15, -0.1) is 0 Å². The number of amides is 2. The lowest BCUT2D eigenvalue weighted by molar-refractivity contribution is 0.257. The Hall–Kier alpha value is -2.63. The van der Waals surface area contributed by atoms with Crippen molar-refractivity contribution < 1.29 is 13.6 Å². The summed E-state index contributed by atoms with van der Waals surface area (Å²) in [4.78, 5) is 15.7. The predicted octanol–water partition coefficient (Wildman–Crippen LogP) is 3.63. The molecule has 0 saturated carbocycles. The molecule has 23 heavy (non-hydrogen) atoms. The Morgan fingerprint density at radius 2 is 1.91 bits per heavy atom. The van der Waals surface area contributed by atoms with Gasteiger partial charge in [0, 0.05) is 32.0 Å². The number of fused-ring (bicyclic) bond motifs is 1. The third kappa shape index (κ3) is 3.11. The molecule has 0 saturated heterocycles. The number of nitrogens with zero attached hydrogens (tertiary/aromatic N) is 2. The average molecular weight is 317 g/mol. The summed E-state index contributed by atoms with van der Waals surface area (Å²) >= 11 is 0. The minimum Gasteiger partial charge on any atom is -0.378 e. The van der Waals surface area contributed by atoms with Gasteiger partial charge in [0.25, 0.3) is 0 Å². The van der Waals surface area contributed by atoms with Crippen LogP contribution in [0.2, 0.25) is 0 Å². The van der Waals surface area contributed by atoms with Crippen LogP contribution in [0.5, 0.6) is 0 Å². The topological polar surface area (TPSA) is 35.6 Å². The third-order valence-corrected chi connectivity index (χ3v) is 3.84. The number of benzene rings is 2. The summed E-state index contributed by atoms with van der Waals surface area (Å²) in [5.41, 5.74) is 2.50. The van der Waals surface area contributed by atoms with Crippen LogP contribution in [0.3, 0.4) is 0 Å². The Labute approximate surface area is 133 Å². The van der Waals surface area contributed by atoms with Gasteiger partial charge in [-0.05, 0) is 42.3 Å². The lowest BCUT2D eigenvalue weighted by atomic mass is 10.2. The van der Waals surface area contributed by atoms with Crippen LogP contribution >= 0.6 is 0 Å². The fourth-order valence-corrected chi connectivity index (χ4v) is 2.66.